The van der Waals surface area contributed by atoms with Crippen LogP contribution >= 0.6 is 11.8 Å². The molecule has 0 aliphatic carbocycles. The van der Waals surface area contributed by atoms with Gasteiger partial charge in [0.25, 0.3) is 5.56 Å². The molecule has 1 atom stereocenters. The molecule has 0 bridgehead atoms. The number of benzene rings is 1. The van der Waals surface area contributed by atoms with E-state index in [0.717, 1.165) is 12.1 Å². The van der Waals surface area contributed by atoms with E-state index in [0.29, 0.717) is 33.4 Å². The second-order valence-electron chi connectivity index (χ2n) is 6.98. The summed E-state index contributed by atoms with van der Waals surface area (Å²) < 4.78 is 12.1. The number of aromatic nitrogens is 3. The van der Waals surface area contributed by atoms with Gasteiger partial charge < -0.3 is 19.8 Å². The van der Waals surface area contributed by atoms with Crippen LogP contribution in [-0.4, -0.2) is 40.4 Å². The molecule has 1 aromatic carbocycles. The molecular weight excluding hydrogens is 404 g/mol. The van der Waals surface area contributed by atoms with Gasteiger partial charge in [0.1, 0.15) is 17.0 Å². The molecule has 2 N–H and O–H groups in total. The first kappa shape index (κ1) is 21.8. The number of amides is 1. The Labute approximate surface area is 179 Å². The summed E-state index contributed by atoms with van der Waals surface area (Å²) in [5, 5.41) is 3.37. The predicted octanol–water partition coefficient (Wildman–Crippen LogP) is 3.75. The summed E-state index contributed by atoms with van der Waals surface area (Å²) in [5.41, 5.74) is 2.42. The minimum Gasteiger partial charge on any atom is -0.497 e. The number of carbonyl (C=O) groups is 1. The second kappa shape index (κ2) is 9.25. The summed E-state index contributed by atoms with van der Waals surface area (Å²) in [7, 11) is 3.10. The Hall–Kier alpha value is -2.94. The number of methoxy groups -OCH3 is 2. The lowest BCUT2D eigenvalue weighted by molar-refractivity contribution is -0.113. The Morgan fingerprint density at radius 3 is 2.50 bits per heavy atom. The highest BCUT2D eigenvalue weighted by Crippen LogP contribution is 2.27. The average molecular weight is 431 g/mol. The van der Waals surface area contributed by atoms with E-state index < -0.39 is 0 Å². The highest BCUT2D eigenvalue weighted by Gasteiger charge is 2.18. The van der Waals surface area contributed by atoms with Crippen molar-refractivity contribution in [1.29, 1.82) is 0 Å². The SMILES string of the molecule is CC[C@H](C)n1c(SCC(=O)Nc2cc(OC)cc(OC)c2)nc2cc(C)[nH]c2c1=O. The van der Waals surface area contributed by atoms with E-state index >= 15 is 0 Å². The van der Waals surface area contributed by atoms with Crippen LogP contribution in [0.3, 0.4) is 0 Å². The van der Waals surface area contributed by atoms with Crippen molar-refractivity contribution in [3.05, 3.63) is 40.3 Å². The smallest absolute Gasteiger partial charge is 0.278 e. The number of anilines is 1. The maximum Gasteiger partial charge on any atom is 0.278 e. The number of hydrogen-bond acceptors (Lipinski definition) is 6. The number of rotatable bonds is 8. The number of aryl methyl sites for hydroxylation is 1. The Kier molecular flexibility index (Phi) is 6.71. The van der Waals surface area contributed by atoms with Crippen molar-refractivity contribution in [2.24, 2.45) is 0 Å². The number of ether oxygens (including phenoxy) is 2. The minimum atomic E-state index is -0.217. The average Bonchev–Trinajstić information content (AvgIpc) is 3.12. The van der Waals surface area contributed by atoms with Gasteiger partial charge in [0.2, 0.25) is 5.91 Å². The number of nitrogens with one attached hydrogen (secondary N) is 2. The van der Waals surface area contributed by atoms with Crippen LogP contribution in [0.4, 0.5) is 5.69 Å². The van der Waals surface area contributed by atoms with Crippen LogP contribution in [0.1, 0.15) is 32.0 Å². The van der Waals surface area contributed by atoms with Gasteiger partial charge >= 0.3 is 0 Å². The normalized spacial score (nSPS) is 12.0. The molecule has 2 aromatic heterocycles. The fourth-order valence-electron chi connectivity index (χ4n) is 3.07. The summed E-state index contributed by atoms with van der Waals surface area (Å²) >= 11 is 1.24. The first-order chi connectivity index (χ1) is 14.4. The molecule has 30 heavy (non-hydrogen) atoms. The molecule has 0 radical (unpaired) electrons. The zero-order valence-electron chi connectivity index (χ0n) is 17.7. The molecule has 9 heteroatoms. The number of fused-ring (bicyclic) bond motifs is 1. The molecule has 0 spiro atoms. The van der Waals surface area contributed by atoms with E-state index in [1.165, 1.54) is 11.8 Å². The quantitative estimate of drug-likeness (QED) is 0.417. The monoisotopic (exact) mass is 430 g/mol. The van der Waals surface area contributed by atoms with Crippen LogP contribution in [0, 0.1) is 6.92 Å². The number of carbonyl (C=O) groups excluding carboxylic acids is 1. The Bertz CT molecular complexity index is 1100. The molecule has 0 aliphatic rings. The molecule has 2 heterocycles. The number of H-pyrrole nitrogens is 1. The van der Waals surface area contributed by atoms with E-state index in [1.54, 1.807) is 37.0 Å². The molecule has 0 saturated heterocycles. The topological polar surface area (TPSA) is 98.2 Å². The van der Waals surface area contributed by atoms with Crippen molar-refractivity contribution < 1.29 is 14.3 Å². The predicted molar refractivity (Wildman–Crippen MR) is 119 cm³/mol. The molecule has 8 nitrogen and oxygen atoms in total. The third-order valence-electron chi connectivity index (χ3n) is 4.79. The van der Waals surface area contributed by atoms with Gasteiger partial charge in [-0.1, -0.05) is 18.7 Å². The van der Waals surface area contributed by atoms with Gasteiger partial charge in [0.05, 0.1) is 25.5 Å². The van der Waals surface area contributed by atoms with E-state index in [9.17, 15) is 9.59 Å². The highest BCUT2D eigenvalue weighted by atomic mass is 32.2. The van der Waals surface area contributed by atoms with Gasteiger partial charge in [0, 0.05) is 35.6 Å². The van der Waals surface area contributed by atoms with Crippen LogP contribution in [0.5, 0.6) is 11.5 Å². The molecular formula is C21H26N4O4S. The Balaban J connectivity index is 1.83. The summed E-state index contributed by atoms with van der Waals surface area (Å²) in [6.07, 6.45) is 0.774. The van der Waals surface area contributed by atoms with Crippen LogP contribution in [0.2, 0.25) is 0 Å². The fraction of sp³-hybridized carbons (Fsp3) is 0.381. The molecule has 160 valence electrons. The molecule has 1 amide bonds. The maximum absolute atomic E-state index is 13.0. The lowest BCUT2D eigenvalue weighted by Gasteiger charge is -2.17. The number of hydrogen-bond donors (Lipinski definition) is 2. The van der Waals surface area contributed by atoms with E-state index in [-0.39, 0.29) is 23.3 Å². The molecule has 0 unspecified atom stereocenters. The molecule has 3 rings (SSSR count). The summed E-state index contributed by atoms with van der Waals surface area (Å²) in [6, 6.07) is 6.96. The first-order valence-corrected chi connectivity index (χ1v) is 10.6. The van der Waals surface area contributed by atoms with Gasteiger partial charge in [-0.15, -0.1) is 0 Å². The molecule has 0 fully saturated rings. The lowest BCUT2D eigenvalue weighted by atomic mass is 10.2. The van der Waals surface area contributed by atoms with Crippen molar-refractivity contribution in [2.75, 3.05) is 25.3 Å². The van der Waals surface area contributed by atoms with Crippen molar-refractivity contribution in [2.45, 2.75) is 38.4 Å². The number of nitrogens with zero attached hydrogens (tertiary/aromatic N) is 2. The third kappa shape index (κ3) is 4.62. The van der Waals surface area contributed by atoms with E-state index in [1.807, 2.05) is 26.8 Å². The lowest BCUT2D eigenvalue weighted by Crippen LogP contribution is -2.26. The summed E-state index contributed by atoms with van der Waals surface area (Å²) in [6.45, 7) is 5.87. The zero-order valence-corrected chi connectivity index (χ0v) is 18.6. The van der Waals surface area contributed by atoms with Crippen LogP contribution in [-0.2, 0) is 4.79 Å². The largest absolute Gasteiger partial charge is 0.497 e. The highest BCUT2D eigenvalue weighted by molar-refractivity contribution is 7.99. The van der Waals surface area contributed by atoms with E-state index in [4.69, 9.17) is 9.47 Å². The van der Waals surface area contributed by atoms with Gasteiger partial charge in [0.15, 0.2) is 5.16 Å². The first-order valence-electron chi connectivity index (χ1n) is 9.63. The number of aromatic amines is 1. The van der Waals surface area contributed by atoms with Crippen LogP contribution in [0.25, 0.3) is 11.0 Å². The summed E-state index contributed by atoms with van der Waals surface area (Å²) in [4.78, 5) is 33.3. The molecule has 3 aromatic rings. The molecule has 0 aliphatic heterocycles. The fourth-order valence-corrected chi connectivity index (χ4v) is 3.97. The standard InChI is InChI=1S/C21H26N4O4S/c1-6-13(3)25-20(27)19-17(7-12(2)22-19)24-21(25)30-11-18(26)23-14-8-15(28-4)10-16(9-14)29-5/h7-10,13,22H,6,11H2,1-5H3,(H,23,26)/t13-/m0/s1. The Morgan fingerprint density at radius 1 is 1.23 bits per heavy atom. The molecule has 0 saturated carbocycles. The van der Waals surface area contributed by atoms with Crippen molar-refractivity contribution >= 4 is 34.4 Å². The van der Waals surface area contributed by atoms with Gasteiger partial charge in [-0.25, -0.2) is 4.98 Å². The summed E-state index contributed by atoms with van der Waals surface area (Å²) in [5.74, 6) is 1.05. The van der Waals surface area contributed by atoms with Crippen LogP contribution in [0.15, 0.2) is 34.2 Å². The van der Waals surface area contributed by atoms with Crippen molar-refractivity contribution in [3.63, 3.8) is 0 Å². The van der Waals surface area contributed by atoms with Crippen molar-refractivity contribution in [1.82, 2.24) is 14.5 Å². The number of thioether (sulfide) groups is 1. The maximum atomic E-state index is 13.0. The minimum absolute atomic E-state index is 0.0359. The second-order valence-corrected chi connectivity index (χ2v) is 7.92. The van der Waals surface area contributed by atoms with Crippen LogP contribution < -0.4 is 20.3 Å². The van der Waals surface area contributed by atoms with E-state index in [2.05, 4.69) is 15.3 Å². The van der Waals surface area contributed by atoms with Gasteiger partial charge in [-0.2, -0.15) is 0 Å². The third-order valence-corrected chi connectivity index (χ3v) is 5.74. The van der Waals surface area contributed by atoms with Gasteiger partial charge in [-0.3, -0.25) is 14.2 Å². The Morgan fingerprint density at radius 2 is 1.90 bits per heavy atom. The zero-order chi connectivity index (χ0) is 21.8. The van der Waals surface area contributed by atoms with Gasteiger partial charge in [-0.05, 0) is 26.3 Å². The van der Waals surface area contributed by atoms with Crippen molar-refractivity contribution in [3.8, 4) is 11.5 Å².